The van der Waals surface area contributed by atoms with E-state index in [0.717, 1.165) is 0 Å². The molecule has 0 aromatic heterocycles. The van der Waals surface area contributed by atoms with Crippen LogP contribution in [-0.4, -0.2) is 78.7 Å². The summed E-state index contributed by atoms with van der Waals surface area (Å²) in [5, 5.41) is 63.7. The zero-order chi connectivity index (χ0) is 24.1. The fourth-order valence-electron chi connectivity index (χ4n) is 5.65. The van der Waals surface area contributed by atoms with E-state index < -0.39 is 94.4 Å². The minimum absolute atomic E-state index is 0.112. The molecule has 5 aliphatic rings. The summed E-state index contributed by atoms with van der Waals surface area (Å²) in [4.78, 5) is 38.1. The first-order valence-corrected chi connectivity index (χ1v) is 10.5. The lowest BCUT2D eigenvalue weighted by Crippen LogP contribution is -2.58. The van der Waals surface area contributed by atoms with Gasteiger partial charge in [-0.25, -0.2) is 0 Å². The Hall–Kier alpha value is -2.83. The third-order valence-corrected chi connectivity index (χ3v) is 7.18. The number of hydrogen-bond donors (Lipinski definition) is 6. The van der Waals surface area contributed by atoms with Gasteiger partial charge >= 0.3 is 5.97 Å². The molecule has 6 rings (SSSR count). The monoisotopic (exact) mass is 462 g/mol. The lowest BCUT2D eigenvalue weighted by molar-refractivity contribution is -0.246. The number of aliphatic carboxylic acids is 1. The van der Waals surface area contributed by atoms with Crippen LogP contribution in [-0.2, 0) is 19.9 Å². The smallest absolute Gasteiger partial charge is 0.306 e. The number of carboxylic acid groups (broad SMARTS) is 1. The maximum absolute atomic E-state index is 13.5. The molecule has 11 nitrogen and oxygen atoms in total. The Balaban J connectivity index is 1.76. The number of carbonyl (C=O) groups excluding carboxylic acids is 2. The summed E-state index contributed by atoms with van der Waals surface area (Å²) < 4.78 is 11.1. The van der Waals surface area contributed by atoms with Crippen molar-refractivity contribution in [1.82, 2.24) is 0 Å². The standard InChI is InChI=1S/C22H22O11/c1-5-11-13(17(26)8(32-5)4-10(24)25)20(29)14-15(18(11)27)21(30)16-12(19(14)28)7-3-9(23)22(16,31)6(2)33-7/h5-9,17,23,26,28,30-31H,3-4H2,1-2H3,(H,24,25)/t5-,6?,7?,8-,9?,17+,22?/m0/s1. The van der Waals surface area contributed by atoms with Crippen molar-refractivity contribution in [2.24, 2.45) is 0 Å². The molecule has 7 atom stereocenters. The number of carbonyl (C=O) groups is 3. The molecule has 3 aliphatic heterocycles. The Kier molecular flexibility index (Phi) is 4.56. The van der Waals surface area contributed by atoms with Gasteiger partial charge in [-0.2, -0.15) is 0 Å². The summed E-state index contributed by atoms with van der Waals surface area (Å²) in [6, 6.07) is 0. The van der Waals surface area contributed by atoms with Crippen LogP contribution >= 0.6 is 0 Å². The third kappa shape index (κ3) is 2.59. The lowest BCUT2D eigenvalue weighted by Gasteiger charge is -2.52. The number of benzene rings is 1. The number of Topliss-reactive ketones (excluding diaryl/α,β-unsaturated/α-hetero) is 2. The number of aliphatic hydroxyl groups excluding tert-OH is 2. The van der Waals surface area contributed by atoms with Gasteiger partial charge in [0.2, 0.25) is 0 Å². The molecule has 11 heteroatoms. The van der Waals surface area contributed by atoms with E-state index in [1.165, 1.54) is 13.8 Å². The molecule has 0 radical (unpaired) electrons. The highest BCUT2D eigenvalue weighted by molar-refractivity contribution is 6.30. The highest BCUT2D eigenvalue weighted by Gasteiger charge is 2.60. The first-order chi connectivity index (χ1) is 15.4. The van der Waals surface area contributed by atoms with Crippen molar-refractivity contribution in [2.45, 2.75) is 68.9 Å². The van der Waals surface area contributed by atoms with Crippen LogP contribution in [0.5, 0.6) is 11.5 Å². The highest BCUT2D eigenvalue weighted by Crippen LogP contribution is 2.59. The number of ether oxygens (including phenoxy) is 2. The molecule has 176 valence electrons. The molecule has 4 unspecified atom stereocenters. The SMILES string of the molecule is CC1OC2CC(O)C1(O)c1c(O)c3c(c(O)c12)C(=O)C1=C(C3=O)[C@H](C)O[C@@H](CC(=O)O)[C@H]1O. The number of rotatable bonds is 2. The van der Waals surface area contributed by atoms with Gasteiger partial charge in [-0.3, -0.25) is 14.4 Å². The van der Waals surface area contributed by atoms with Crippen LogP contribution in [0.15, 0.2) is 11.1 Å². The molecule has 3 heterocycles. The van der Waals surface area contributed by atoms with E-state index >= 15 is 0 Å². The second kappa shape index (κ2) is 6.84. The van der Waals surface area contributed by atoms with Gasteiger partial charge in [-0.15, -0.1) is 0 Å². The normalized spacial score (nSPS) is 37.0. The van der Waals surface area contributed by atoms with Crippen molar-refractivity contribution < 1.29 is 54.5 Å². The van der Waals surface area contributed by atoms with Crippen molar-refractivity contribution >= 4 is 17.5 Å². The Morgan fingerprint density at radius 1 is 1.03 bits per heavy atom. The van der Waals surface area contributed by atoms with Crippen molar-refractivity contribution in [1.29, 1.82) is 0 Å². The number of carboxylic acids is 1. The van der Waals surface area contributed by atoms with E-state index in [4.69, 9.17) is 14.6 Å². The van der Waals surface area contributed by atoms with Crippen molar-refractivity contribution in [2.75, 3.05) is 0 Å². The average molecular weight is 462 g/mol. The number of hydrogen-bond acceptors (Lipinski definition) is 10. The molecule has 2 bridgehead atoms. The van der Waals surface area contributed by atoms with Crippen LogP contribution < -0.4 is 0 Å². The summed E-state index contributed by atoms with van der Waals surface area (Å²) in [7, 11) is 0. The number of aromatic hydroxyl groups is 2. The van der Waals surface area contributed by atoms with Gasteiger partial charge in [0.25, 0.3) is 0 Å². The van der Waals surface area contributed by atoms with E-state index in [1.807, 2.05) is 0 Å². The van der Waals surface area contributed by atoms with E-state index in [9.17, 15) is 39.9 Å². The number of phenolic OH excluding ortho intramolecular Hbond substituents is 2. The van der Waals surface area contributed by atoms with Gasteiger partial charge in [0.15, 0.2) is 11.6 Å². The number of fused-ring (bicyclic) bond motifs is 3. The predicted molar refractivity (Wildman–Crippen MR) is 106 cm³/mol. The summed E-state index contributed by atoms with van der Waals surface area (Å²) in [6.45, 7) is 2.87. The molecule has 1 saturated heterocycles. The highest BCUT2D eigenvalue weighted by atomic mass is 16.5. The van der Waals surface area contributed by atoms with Crippen LogP contribution in [0, 0.1) is 0 Å². The maximum Gasteiger partial charge on any atom is 0.306 e. The molecule has 0 saturated carbocycles. The lowest BCUT2D eigenvalue weighted by atomic mass is 9.66. The minimum Gasteiger partial charge on any atom is -0.507 e. The molecule has 1 fully saturated rings. The molecule has 0 spiro atoms. The Morgan fingerprint density at radius 3 is 2.24 bits per heavy atom. The number of aliphatic hydroxyl groups is 3. The molecule has 1 aromatic carbocycles. The van der Waals surface area contributed by atoms with Gasteiger partial charge < -0.3 is 40.1 Å². The molecule has 0 amide bonds. The number of phenols is 2. The zero-order valence-electron chi connectivity index (χ0n) is 17.6. The Morgan fingerprint density at radius 2 is 1.64 bits per heavy atom. The van der Waals surface area contributed by atoms with Crippen molar-refractivity contribution in [3.63, 3.8) is 0 Å². The summed E-state index contributed by atoms with van der Waals surface area (Å²) in [5.74, 6) is -4.63. The second-order valence-corrected chi connectivity index (χ2v) is 8.92. The van der Waals surface area contributed by atoms with Crippen molar-refractivity contribution in [3.05, 3.63) is 33.4 Å². The van der Waals surface area contributed by atoms with E-state index in [0.29, 0.717) is 0 Å². The van der Waals surface area contributed by atoms with E-state index in [1.54, 1.807) is 0 Å². The number of ketones is 2. The quantitative estimate of drug-likeness (QED) is 0.319. The topological polar surface area (TPSA) is 191 Å². The predicted octanol–water partition coefficient (Wildman–Crippen LogP) is -0.192. The molecule has 33 heavy (non-hydrogen) atoms. The van der Waals surface area contributed by atoms with E-state index in [2.05, 4.69) is 0 Å². The Labute approximate surface area is 186 Å². The van der Waals surface area contributed by atoms with Gasteiger partial charge in [0.1, 0.15) is 23.2 Å². The van der Waals surface area contributed by atoms with Crippen LogP contribution in [0.1, 0.15) is 64.6 Å². The molecular weight excluding hydrogens is 440 g/mol. The van der Waals surface area contributed by atoms with Crippen LogP contribution in [0.4, 0.5) is 0 Å². The van der Waals surface area contributed by atoms with Crippen LogP contribution in [0.3, 0.4) is 0 Å². The van der Waals surface area contributed by atoms with Gasteiger partial charge in [-0.05, 0) is 13.8 Å². The molecule has 2 aliphatic carbocycles. The van der Waals surface area contributed by atoms with Gasteiger partial charge in [0.05, 0.1) is 48.1 Å². The second-order valence-electron chi connectivity index (χ2n) is 8.92. The van der Waals surface area contributed by atoms with Crippen LogP contribution in [0.2, 0.25) is 0 Å². The largest absolute Gasteiger partial charge is 0.507 e. The zero-order valence-corrected chi connectivity index (χ0v) is 17.6. The van der Waals surface area contributed by atoms with Crippen LogP contribution in [0.25, 0.3) is 0 Å². The summed E-state index contributed by atoms with van der Waals surface area (Å²) in [6.07, 6.45) is -8.22. The van der Waals surface area contributed by atoms with Gasteiger partial charge in [0, 0.05) is 28.7 Å². The third-order valence-electron chi connectivity index (χ3n) is 7.18. The molecule has 6 N–H and O–H groups in total. The molecular formula is C22H22O11. The first-order valence-electron chi connectivity index (χ1n) is 10.5. The summed E-state index contributed by atoms with van der Waals surface area (Å²) >= 11 is 0. The minimum atomic E-state index is -2.14. The first kappa shape index (κ1) is 22.0. The fraction of sp³-hybridized carbons (Fsp3) is 0.500. The fourth-order valence-corrected chi connectivity index (χ4v) is 5.65. The van der Waals surface area contributed by atoms with Gasteiger partial charge in [-0.1, -0.05) is 0 Å². The van der Waals surface area contributed by atoms with E-state index in [-0.39, 0.29) is 23.1 Å². The summed E-state index contributed by atoms with van der Waals surface area (Å²) in [5.41, 5.74) is -4.34. The van der Waals surface area contributed by atoms with Crippen molar-refractivity contribution in [3.8, 4) is 11.5 Å². The average Bonchev–Trinajstić information content (AvgIpc) is 2.72. The Bertz CT molecular complexity index is 1150. The maximum atomic E-state index is 13.5. The molecule has 1 aromatic rings.